The minimum atomic E-state index is -0.245. The molecule has 1 atom stereocenters. The Balaban J connectivity index is 1.77. The predicted octanol–water partition coefficient (Wildman–Crippen LogP) is 1.57. The number of piperidine rings is 1. The van der Waals surface area contributed by atoms with E-state index in [4.69, 9.17) is 0 Å². The Hall–Kier alpha value is -1.43. The Labute approximate surface area is 126 Å². The largest absolute Gasteiger partial charge is 0.329 e. The fourth-order valence-corrected chi connectivity index (χ4v) is 3.34. The Bertz CT molecular complexity index is 549. The van der Waals surface area contributed by atoms with Gasteiger partial charge in [-0.3, -0.25) is 14.6 Å². The van der Waals surface area contributed by atoms with Crippen LogP contribution in [0.15, 0.2) is 22.9 Å². The highest BCUT2D eigenvalue weighted by Crippen LogP contribution is 2.24. The summed E-state index contributed by atoms with van der Waals surface area (Å²) in [7, 11) is 0. The van der Waals surface area contributed by atoms with Gasteiger partial charge in [-0.1, -0.05) is 0 Å². The molecule has 3 heterocycles. The summed E-state index contributed by atoms with van der Waals surface area (Å²) in [4.78, 5) is 32.1. The fraction of sp³-hybridized carbons (Fsp3) is 0.500. The van der Waals surface area contributed by atoms with Crippen LogP contribution in [-0.4, -0.2) is 45.7 Å². The molecule has 0 spiro atoms. The average molecular weight is 338 g/mol. The molecule has 0 bridgehead atoms. The summed E-state index contributed by atoms with van der Waals surface area (Å²) in [5.41, 5.74) is 0.935. The van der Waals surface area contributed by atoms with Gasteiger partial charge in [0.05, 0.1) is 0 Å². The Morgan fingerprint density at radius 3 is 2.95 bits per heavy atom. The van der Waals surface area contributed by atoms with E-state index < -0.39 is 0 Å². The monoisotopic (exact) mass is 337 g/mol. The van der Waals surface area contributed by atoms with Crippen molar-refractivity contribution in [2.24, 2.45) is 0 Å². The lowest BCUT2D eigenvalue weighted by Crippen LogP contribution is -2.60. The van der Waals surface area contributed by atoms with Gasteiger partial charge in [0.1, 0.15) is 12.6 Å². The molecular weight excluding hydrogens is 322 g/mol. The maximum Gasteiger partial charge on any atom is 0.246 e. The summed E-state index contributed by atoms with van der Waals surface area (Å²) in [6, 6.07) is 1.68. The summed E-state index contributed by atoms with van der Waals surface area (Å²) in [5, 5.41) is 0. The highest BCUT2D eigenvalue weighted by Gasteiger charge is 2.40. The molecule has 0 saturated carbocycles. The number of hydrogen-bond donors (Lipinski definition) is 0. The number of carbonyl (C=O) groups is 2. The van der Waals surface area contributed by atoms with E-state index in [2.05, 4.69) is 20.9 Å². The van der Waals surface area contributed by atoms with Gasteiger partial charge in [-0.25, -0.2) is 0 Å². The van der Waals surface area contributed by atoms with Gasteiger partial charge < -0.3 is 9.80 Å². The van der Waals surface area contributed by atoms with Crippen LogP contribution in [0.25, 0.3) is 0 Å². The number of halogens is 1. The van der Waals surface area contributed by atoms with Crippen molar-refractivity contribution in [3.05, 3.63) is 28.5 Å². The van der Waals surface area contributed by atoms with Gasteiger partial charge >= 0.3 is 0 Å². The maximum atomic E-state index is 12.5. The van der Waals surface area contributed by atoms with Crippen LogP contribution in [0, 0.1) is 0 Å². The van der Waals surface area contributed by atoms with E-state index in [0.29, 0.717) is 6.54 Å². The minimum Gasteiger partial charge on any atom is -0.329 e. The molecule has 106 valence electrons. The van der Waals surface area contributed by atoms with Crippen molar-refractivity contribution in [3.63, 3.8) is 0 Å². The number of fused-ring (bicyclic) bond motifs is 1. The Morgan fingerprint density at radius 2 is 2.15 bits per heavy atom. The van der Waals surface area contributed by atoms with Crippen molar-refractivity contribution < 1.29 is 9.59 Å². The number of piperazine rings is 1. The summed E-state index contributed by atoms with van der Waals surface area (Å²) >= 11 is 3.37. The lowest BCUT2D eigenvalue weighted by Gasteiger charge is -2.42. The van der Waals surface area contributed by atoms with Crippen LogP contribution < -0.4 is 0 Å². The van der Waals surface area contributed by atoms with E-state index in [1.54, 1.807) is 22.2 Å². The van der Waals surface area contributed by atoms with Crippen LogP contribution in [0.4, 0.5) is 0 Å². The normalized spacial score (nSPS) is 22.9. The number of amides is 2. The van der Waals surface area contributed by atoms with Gasteiger partial charge in [-0.15, -0.1) is 0 Å². The second-order valence-corrected chi connectivity index (χ2v) is 6.22. The number of hydrogen-bond acceptors (Lipinski definition) is 3. The maximum absolute atomic E-state index is 12.5. The van der Waals surface area contributed by atoms with E-state index >= 15 is 0 Å². The molecule has 3 rings (SSSR count). The molecule has 1 unspecified atom stereocenters. The molecular formula is C14H16BrN3O2. The van der Waals surface area contributed by atoms with Crippen LogP contribution in [0.3, 0.4) is 0 Å². The van der Waals surface area contributed by atoms with E-state index in [-0.39, 0.29) is 24.4 Å². The lowest BCUT2D eigenvalue weighted by atomic mass is 9.98. The van der Waals surface area contributed by atoms with Crippen molar-refractivity contribution in [2.45, 2.75) is 31.8 Å². The molecule has 2 amide bonds. The first-order valence-electron chi connectivity index (χ1n) is 6.83. The summed E-state index contributed by atoms with van der Waals surface area (Å²) < 4.78 is 0.880. The van der Waals surface area contributed by atoms with Crippen molar-refractivity contribution in [1.82, 2.24) is 14.8 Å². The lowest BCUT2D eigenvalue weighted by molar-refractivity contribution is -0.158. The second-order valence-electron chi connectivity index (χ2n) is 5.30. The van der Waals surface area contributed by atoms with Crippen molar-refractivity contribution >= 4 is 27.7 Å². The van der Waals surface area contributed by atoms with Gasteiger partial charge in [-0.2, -0.15) is 0 Å². The number of carbonyl (C=O) groups excluding carboxylic acids is 2. The van der Waals surface area contributed by atoms with Gasteiger partial charge in [0.15, 0.2) is 0 Å². The molecule has 6 heteroatoms. The summed E-state index contributed by atoms with van der Waals surface area (Å²) in [6.45, 7) is 1.35. The van der Waals surface area contributed by atoms with E-state index in [9.17, 15) is 9.59 Å². The zero-order chi connectivity index (χ0) is 14.1. The first-order chi connectivity index (χ1) is 9.65. The van der Waals surface area contributed by atoms with Crippen LogP contribution >= 0.6 is 15.9 Å². The third-order valence-corrected chi connectivity index (χ3v) is 4.31. The van der Waals surface area contributed by atoms with Gasteiger partial charge in [0.2, 0.25) is 11.8 Å². The minimum absolute atomic E-state index is 0.0669. The first kappa shape index (κ1) is 13.5. The van der Waals surface area contributed by atoms with E-state index in [1.165, 1.54) is 0 Å². The fourth-order valence-electron chi connectivity index (χ4n) is 2.93. The van der Waals surface area contributed by atoms with Crippen molar-refractivity contribution in [3.8, 4) is 0 Å². The highest BCUT2D eigenvalue weighted by atomic mass is 79.9. The van der Waals surface area contributed by atoms with Crippen LogP contribution in [0.1, 0.15) is 24.8 Å². The second kappa shape index (κ2) is 5.52. The van der Waals surface area contributed by atoms with Gasteiger partial charge in [-0.05, 0) is 46.8 Å². The number of aromatic nitrogens is 1. The molecule has 0 aromatic carbocycles. The summed E-state index contributed by atoms with van der Waals surface area (Å²) in [6.07, 6.45) is 6.25. The Morgan fingerprint density at radius 1 is 1.30 bits per heavy atom. The molecule has 2 aliphatic heterocycles. The van der Waals surface area contributed by atoms with Crippen LogP contribution in [-0.2, 0) is 16.1 Å². The van der Waals surface area contributed by atoms with E-state index in [0.717, 1.165) is 35.8 Å². The molecule has 2 saturated heterocycles. The zero-order valence-electron chi connectivity index (χ0n) is 11.1. The zero-order valence-corrected chi connectivity index (χ0v) is 12.7. The number of nitrogens with zero attached hydrogens (tertiary/aromatic N) is 3. The third-order valence-electron chi connectivity index (χ3n) is 3.88. The molecule has 2 aliphatic rings. The SMILES string of the molecule is O=C1C2CCCCN2C(=O)CN1Cc1cncc(Br)c1. The van der Waals surface area contributed by atoms with Crippen molar-refractivity contribution in [2.75, 3.05) is 13.1 Å². The van der Waals surface area contributed by atoms with Crippen LogP contribution in [0.5, 0.6) is 0 Å². The standard InChI is InChI=1S/C14H16BrN3O2/c15-11-5-10(6-16-7-11)8-17-9-13(19)18-4-2-1-3-12(18)14(17)20/h5-7,12H,1-4,8-9H2. The first-order valence-corrected chi connectivity index (χ1v) is 7.62. The number of pyridine rings is 1. The molecule has 2 fully saturated rings. The van der Waals surface area contributed by atoms with E-state index in [1.807, 2.05) is 6.07 Å². The smallest absolute Gasteiger partial charge is 0.246 e. The molecule has 5 nitrogen and oxygen atoms in total. The molecule has 0 aliphatic carbocycles. The predicted molar refractivity (Wildman–Crippen MR) is 76.7 cm³/mol. The molecule has 20 heavy (non-hydrogen) atoms. The quantitative estimate of drug-likeness (QED) is 0.823. The number of rotatable bonds is 2. The molecule has 0 N–H and O–H groups in total. The highest BCUT2D eigenvalue weighted by molar-refractivity contribution is 9.10. The molecule has 0 radical (unpaired) electrons. The Kier molecular flexibility index (Phi) is 3.74. The van der Waals surface area contributed by atoms with Crippen molar-refractivity contribution in [1.29, 1.82) is 0 Å². The molecule has 1 aromatic heterocycles. The topological polar surface area (TPSA) is 53.5 Å². The van der Waals surface area contributed by atoms with Gasteiger partial charge in [0.25, 0.3) is 0 Å². The third kappa shape index (κ3) is 2.57. The average Bonchev–Trinajstić information content (AvgIpc) is 2.45. The van der Waals surface area contributed by atoms with Gasteiger partial charge in [0, 0.05) is 30.0 Å². The molecule has 1 aromatic rings. The summed E-state index contributed by atoms with van der Waals surface area (Å²) in [5.74, 6) is 0.140. The van der Waals surface area contributed by atoms with Crippen LogP contribution in [0.2, 0.25) is 0 Å².